The van der Waals surface area contributed by atoms with Crippen LogP contribution in [-0.2, 0) is 11.3 Å². The zero-order valence-electron chi connectivity index (χ0n) is 17.6. The summed E-state index contributed by atoms with van der Waals surface area (Å²) in [6.45, 7) is 3.95. The summed E-state index contributed by atoms with van der Waals surface area (Å²) in [5.74, 6) is 1.11. The second-order valence-electron chi connectivity index (χ2n) is 7.62. The minimum absolute atomic E-state index is 0.0321. The highest BCUT2D eigenvalue weighted by Crippen LogP contribution is 2.30. The summed E-state index contributed by atoms with van der Waals surface area (Å²) in [5, 5.41) is 3.50. The zero-order chi connectivity index (χ0) is 21.7. The second kappa shape index (κ2) is 10.1. The standard InChI is InChI=1S/C23H28ClFN2O3/c1-15(20-13-19(29-2)6-7-22(20)30-3)26-23(28)16-8-10-27(11-9-16)14-17-4-5-18(24)12-21(17)25/h4-7,12-13,15-16H,8-11,14H2,1-3H3,(H,26,28)/t15-/m0/s1. The molecule has 0 bridgehead atoms. The summed E-state index contributed by atoms with van der Waals surface area (Å²) in [6.07, 6.45) is 1.48. The molecule has 0 aromatic heterocycles. The van der Waals surface area contributed by atoms with E-state index in [-0.39, 0.29) is 23.7 Å². The first-order valence-electron chi connectivity index (χ1n) is 10.1. The minimum atomic E-state index is -0.288. The molecule has 1 saturated heterocycles. The van der Waals surface area contributed by atoms with E-state index in [1.807, 2.05) is 25.1 Å². The lowest BCUT2D eigenvalue weighted by Crippen LogP contribution is -2.41. The summed E-state index contributed by atoms with van der Waals surface area (Å²) < 4.78 is 24.8. The number of nitrogens with one attached hydrogen (secondary N) is 1. The first-order valence-corrected chi connectivity index (χ1v) is 10.5. The van der Waals surface area contributed by atoms with Crippen LogP contribution in [0.5, 0.6) is 11.5 Å². The van der Waals surface area contributed by atoms with Crippen molar-refractivity contribution in [3.05, 3.63) is 58.4 Å². The molecule has 1 atom stereocenters. The number of ether oxygens (including phenoxy) is 2. The van der Waals surface area contributed by atoms with E-state index < -0.39 is 0 Å². The van der Waals surface area contributed by atoms with Crippen LogP contribution >= 0.6 is 11.6 Å². The number of hydrogen-bond donors (Lipinski definition) is 1. The van der Waals surface area contributed by atoms with E-state index in [0.717, 1.165) is 37.2 Å². The molecular formula is C23H28ClFN2O3. The van der Waals surface area contributed by atoms with Gasteiger partial charge in [-0.2, -0.15) is 0 Å². The van der Waals surface area contributed by atoms with E-state index in [1.54, 1.807) is 26.4 Å². The van der Waals surface area contributed by atoms with Crippen molar-refractivity contribution in [1.29, 1.82) is 0 Å². The third-order valence-electron chi connectivity index (χ3n) is 5.63. The molecule has 0 saturated carbocycles. The fourth-order valence-corrected chi connectivity index (χ4v) is 3.99. The minimum Gasteiger partial charge on any atom is -0.497 e. The van der Waals surface area contributed by atoms with Crippen molar-refractivity contribution in [2.75, 3.05) is 27.3 Å². The molecule has 1 amide bonds. The third kappa shape index (κ3) is 5.43. The number of nitrogens with zero attached hydrogens (tertiary/aromatic N) is 1. The van der Waals surface area contributed by atoms with Crippen molar-refractivity contribution >= 4 is 17.5 Å². The maximum atomic E-state index is 14.0. The number of carbonyl (C=O) groups excluding carboxylic acids is 1. The van der Waals surface area contributed by atoms with Crippen LogP contribution in [0.4, 0.5) is 4.39 Å². The number of likely N-dealkylation sites (tertiary alicyclic amines) is 1. The Morgan fingerprint density at radius 2 is 1.93 bits per heavy atom. The zero-order valence-corrected chi connectivity index (χ0v) is 18.3. The van der Waals surface area contributed by atoms with Gasteiger partial charge in [-0.05, 0) is 63.2 Å². The molecule has 0 spiro atoms. The van der Waals surface area contributed by atoms with Crippen molar-refractivity contribution in [1.82, 2.24) is 10.2 Å². The number of piperidine rings is 1. The van der Waals surface area contributed by atoms with E-state index in [0.29, 0.717) is 22.9 Å². The number of hydrogen-bond acceptors (Lipinski definition) is 4. The Hall–Kier alpha value is -2.31. The van der Waals surface area contributed by atoms with E-state index in [2.05, 4.69) is 10.2 Å². The summed E-state index contributed by atoms with van der Waals surface area (Å²) >= 11 is 5.82. The van der Waals surface area contributed by atoms with Gasteiger partial charge in [-0.15, -0.1) is 0 Å². The highest BCUT2D eigenvalue weighted by molar-refractivity contribution is 6.30. The molecule has 5 nitrogen and oxygen atoms in total. The SMILES string of the molecule is COc1ccc(OC)c([C@H](C)NC(=O)C2CCN(Cc3ccc(Cl)cc3F)CC2)c1. The van der Waals surface area contributed by atoms with Gasteiger partial charge in [-0.1, -0.05) is 17.7 Å². The largest absolute Gasteiger partial charge is 0.497 e. The lowest BCUT2D eigenvalue weighted by atomic mass is 9.94. The monoisotopic (exact) mass is 434 g/mol. The summed E-state index contributed by atoms with van der Waals surface area (Å²) in [5.41, 5.74) is 1.50. The highest BCUT2D eigenvalue weighted by Gasteiger charge is 2.27. The number of amides is 1. The Morgan fingerprint density at radius 3 is 2.57 bits per heavy atom. The Labute approximate surface area is 182 Å². The molecule has 7 heteroatoms. The fraction of sp³-hybridized carbons (Fsp3) is 0.435. The maximum absolute atomic E-state index is 14.0. The molecule has 1 N–H and O–H groups in total. The van der Waals surface area contributed by atoms with Gasteiger partial charge >= 0.3 is 0 Å². The third-order valence-corrected chi connectivity index (χ3v) is 5.86. The Morgan fingerprint density at radius 1 is 1.20 bits per heavy atom. The molecule has 1 heterocycles. The van der Waals surface area contributed by atoms with E-state index in [4.69, 9.17) is 21.1 Å². The van der Waals surface area contributed by atoms with E-state index in [9.17, 15) is 9.18 Å². The first-order chi connectivity index (χ1) is 14.4. The van der Waals surface area contributed by atoms with Crippen molar-refractivity contribution in [2.45, 2.75) is 32.4 Å². The summed E-state index contributed by atoms with van der Waals surface area (Å²) in [4.78, 5) is 15.0. The topological polar surface area (TPSA) is 50.8 Å². The van der Waals surface area contributed by atoms with Crippen LogP contribution in [0.25, 0.3) is 0 Å². The number of benzene rings is 2. The van der Waals surface area contributed by atoms with Crippen LogP contribution in [0.15, 0.2) is 36.4 Å². The summed E-state index contributed by atoms with van der Waals surface area (Å²) in [6, 6.07) is 10.1. The molecular weight excluding hydrogens is 407 g/mol. The second-order valence-corrected chi connectivity index (χ2v) is 8.06. The number of rotatable bonds is 7. The Kier molecular flexibility index (Phi) is 7.56. The molecule has 2 aromatic carbocycles. The van der Waals surface area contributed by atoms with Gasteiger partial charge in [-0.3, -0.25) is 9.69 Å². The molecule has 0 aliphatic carbocycles. The molecule has 1 fully saturated rings. The normalized spacial score (nSPS) is 16.2. The fourth-order valence-electron chi connectivity index (χ4n) is 3.83. The first kappa shape index (κ1) is 22.4. The molecule has 0 unspecified atom stereocenters. The van der Waals surface area contributed by atoms with Gasteiger partial charge in [0.25, 0.3) is 0 Å². The van der Waals surface area contributed by atoms with Gasteiger partial charge < -0.3 is 14.8 Å². The molecule has 30 heavy (non-hydrogen) atoms. The molecule has 0 radical (unpaired) electrons. The average molecular weight is 435 g/mol. The van der Waals surface area contributed by atoms with Gasteiger partial charge in [0.1, 0.15) is 17.3 Å². The van der Waals surface area contributed by atoms with Crippen molar-refractivity contribution < 1.29 is 18.7 Å². The quantitative estimate of drug-likeness (QED) is 0.692. The predicted octanol–water partition coefficient (Wildman–Crippen LogP) is 4.59. The number of carbonyl (C=O) groups is 1. The van der Waals surface area contributed by atoms with E-state index in [1.165, 1.54) is 6.07 Å². The van der Waals surface area contributed by atoms with Crippen molar-refractivity contribution in [3.8, 4) is 11.5 Å². The van der Waals surface area contributed by atoms with Crippen LogP contribution in [-0.4, -0.2) is 38.1 Å². The average Bonchev–Trinajstić information content (AvgIpc) is 2.75. The van der Waals surface area contributed by atoms with E-state index >= 15 is 0 Å². The molecule has 1 aliphatic heterocycles. The van der Waals surface area contributed by atoms with Crippen LogP contribution in [0.1, 0.15) is 36.9 Å². The van der Waals surface area contributed by atoms with Gasteiger partial charge in [0, 0.05) is 28.6 Å². The van der Waals surface area contributed by atoms with Gasteiger partial charge in [-0.25, -0.2) is 4.39 Å². The van der Waals surface area contributed by atoms with Crippen LogP contribution in [0.3, 0.4) is 0 Å². The Bertz CT molecular complexity index is 885. The molecule has 162 valence electrons. The summed E-state index contributed by atoms with van der Waals surface area (Å²) in [7, 11) is 3.22. The lowest BCUT2D eigenvalue weighted by molar-refractivity contribution is -0.127. The highest BCUT2D eigenvalue weighted by atomic mass is 35.5. The van der Waals surface area contributed by atoms with Crippen LogP contribution in [0, 0.1) is 11.7 Å². The lowest BCUT2D eigenvalue weighted by Gasteiger charge is -2.32. The van der Waals surface area contributed by atoms with Crippen LogP contribution < -0.4 is 14.8 Å². The number of methoxy groups -OCH3 is 2. The van der Waals surface area contributed by atoms with Crippen molar-refractivity contribution in [2.24, 2.45) is 5.92 Å². The van der Waals surface area contributed by atoms with Gasteiger partial charge in [0.05, 0.1) is 20.3 Å². The van der Waals surface area contributed by atoms with Crippen LogP contribution in [0.2, 0.25) is 5.02 Å². The smallest absolute Gasteiger partial charge is 0.223 e. The van der Waals surface area contributed by atoms with Gasteiger partial charge in [0.15, 0.2) is 0 Å². The number of halogens is 2. The predicted molar refractivity (Wildman–Crippen MR) is 116 cm³/mol. The Balaban J connectivity index is 1.55. The van der Waals surface area contributed by atoms with Crippen molar-refractivity contribution in [3.63, 3.8) is 0 Å². The molecule has 1 aliphatic rings. The molecule has 2 aromatic rings. The van der Waals surface area contributed by atoms with Gasteiger partial charge in [0.2, 0.25) is 5.91 Å². The molecule has 3 rings (SSSR count). The maximum Gasteiger partial charge on any atom is 0.223 e.